The van der Waals surface area contributed by atoms with Crippen LogP contribution < -0.4 is 31.9 Å². The molecule has 18 heterocycles. The zero-order chi connectivity index (χ0) is 83.8. The van der Waals surface area contributed by atoms with E-state index in [4.69, 9.17) is 0 Å². The highest BCUT2D eigenvalue weighted by Gasteiger charge is 2.18. The van der Waals surface area contributed by atoms with E-state index in [-0.39, 0.29) is 0 Å². The first-order valence-electron chi connectivity index (χ1n) is 40.1. The second-order valence-corrected chi connectivity index (χ2v) is 28.6. The number of aryl methyl sites for hydroxylation is 4. The second-order valence-electron chi connectivity index (χ2n) is 28.6. The molecule has 0 fully saturated rings. The molecule has 0 aliphatic rings. The number of hydrogen-bond acceptors (Lipinski definition) is 24. The number of aromatic nitrogens is 26. The summed E-state index contributed by atoms with van der Waals surface area (Å²) in [5.74, 6) is 6.50. The topological polar surface area (TPSA) is 398 Å². The molecule has 0 unspecified atom stereocenters. The Morgan fingerprint density at radius 1 is 0.306 bits per heavy atom. The number of rotatable bonds is 17. The molecule has 0 spiro atoms. The van der Waals surface area contributed by atoms with Crippen molar-refractivity contribution in [3.63, 3.8) is 0 Å². The van der Waals surface area contributed by atoms with Gasteiger partial charge in [0.25, 0.3) is 0 Å². The van der Waals surface area contributed by atoms with Crippen LogP contribution in [0.5, 0.6) is 0 Å². The number of benzene rings is 5. The number of hydrogen-bond donors (Lipinski definition) is 11. The van der Waals surface area contributed by atoms with Gasteiger partial charge in [0.15, 0.2) is 28.7 Å². The van der Waals surface area contributed by atoms with Crippen LogP contribution in [-0.2, 0) is 13.1 Å². The highest BCUT2D eigenvalue weighted by atomic mass is 15.3. The third-order valence-electron chi connectivity index (χ3n) is 20.9. The number of H-pyrrole nitrogens is 5. The molecular formula is C92H78N32. The zero-order valence-electron chi connectivity index (χ0n) is 67.6. The van der Waals surface area contributed by atoms with Crippen LogP contribution in [0.15, 0.2) is 281 Å². The third-order valence-corrected chi connectivity index (χ3v) is 20.9. The molecule has 606 valence electrons. The highest BCUT2D eigenvalue weighted by Crippen LogP contribution is 2.36. The Bertz CT molecular complexity index is 7560. The van der Waals surface area contributed by atoms with E-state index >= 15 is 0 Å². The van der Waals surface area contributed by atoms with Crippen molar-refractivity contribution < 1.29 is 0 Å². The summed E-state index contributed by atoms with van der Waals surface area (Å²) in [7, 11) is 0. The van der Waals surface area contributed by atoms with Gasteiger partial charge in [-0.05, 0) is 237 Å². The van der Waals surface area contributed by atoms with E-state index in [2.05, 4.69) is 229 Å². The van der Waals surface area contributed by atoms with Gasteiger partial charge in [0.1, 0.15) is 45.6 Å². The van der Waals surface area contributed by atoms with E-state index in [1.165, 1.54) is 5.39 Å². The number of imidazole rings is 1. The zero-order valence-corrected chi connectivity index (χ0v) is 67.6. The Morgan fingerprint density at radius 2 is 0.710 bits per heavy atom. The van der Waals surface area contributed by atoms with E-state index in [0.717, 1.165) is 204 Å². The second kappa shape index (κ2) is 34.3. The molecule has 0 amide bonds. The summed E-state index contributed by atoms with van der Waals surface area (Å²) < 4.78 is 5.90. The number of pyridine rings is 10. The minimum Gasteiger partial charge on any atom is -0.370 e. The van der Waals surface area contributed by atoms with Crippen molar-refractivity contribution in [3.05, 3.63) is 292 Å². The van der Waals surface area contributed by atoms with E-state index in [9.17, 15) is 0 Å². The lowest BCUT2D eigenvalue weighted by Gasteiger charge is -2.10. The van der Waals surface area contributed by atoms with Gasteiger partial charge >= 0.3 is 0 Å². The molecular weight excluding hydrogens is 1550 g/mol. The van der Waals surface area contributed by atoms with Crippen LogP contribution in [0.4, 0.5) is 63.3 Å². The van der Waals surface area contributed by atoms with Gasteiger partial charge in [0.05, 0.1) is 50.1 Å². The van der Waals surface area contributed by atoms with E-state index < -0.39 is 0 Å². The Morgan fingerprint density at radius 3 is 1.18 bits per heavy atom. The molecule has 0 radical (unpaired) electrons. The summed E-state index contributed by atoms with van der Waals surface area (Å²) >= 11 is 0. The SMILES string of the molecule is CCNc1nccc2cc(Nc3n[nH]c4cccnc34)ccc12.CCn1nccc1-c1nccc2cc(Nc3[nH]nc4ncccc34)ccc12.CCn1nccc1-c1nccc2cc(Nc3n[nH]c4cccnc34)ccc12.Cc1nccc2cc(Nc3[nH]nc4ncccc34)ccc12.Cc1nccn1-c1nccc2cc(Nc3n[nH]c4cccnc34)ccc12. The normalized spacial score (nSPS) is 11.2. The van der Waals surface area contributed by atoms with Crippen molar-refractivity contribution in [1.29, 1.82) is 0 Å². The molecule has 18 aromatic heterocycles. The van der Waals surface area contributed by atoms with Gasteiger partial charge in [-0.2, -0.15) is 35.7 Å². The first-order valence-corrected chi connectivity index (χ1v) is 40.1. The predicted molar refractivity (Wildman–Crippen MR) is 489 cm³/mol. The molecule has 5 aromatic carbocycles. The summed E-state index contributed by atoms with van der Waals surface area (Å²) in [6.45, 7) is 12.7. The first kappa shape index (κ1) is 76.6. The smallest absolute Gasteiger partial charge is 0.183 e. The number of nitrogens with one attached hydrogen (secondary N) is 11. The summed E-state index contributed by atoms with van der Waals surface area (Å²) in [6, 6.07) is 64.3. The number of anilines is 11. The third kappa shape index (κ3) is 15.8. The lowest BCUT2D eigenvalue weighted by atomic mass is 10.1. The average Bonchev–Trinajstić information content (AvgIpc) is 1.40. The van der Waals surface area contributed by atoms with Gasteiger partial charge in [-0.1, -0.05) is 18.2 Å². The maximum atomic E-state index is 4.60. The Balaban J connectivity index is 0.000000102. The molecule has 0 aliphatic heterocycles. The molecule has 32 heteroatoms. The van der Waals surface area contributed by atoms with E-state index in [1.807, 2.05) is 211 Å². The van der Waals surface area contributed by atoms with Crippen LogP contribution in [-0.4, -0.2) is 136 Å². The summed E-state index contributed by atoms with van der Waals surface area (Å²) in [4.78, 5) is 48.3. The van der Waals surface area contributed by atoms with Crippen molar-refractivity contribution in [2.24, 2.45) is 0 Å². The molecule has 23 rings (SSSR count). The summed E-state index contributed by atoms with van der Waals surface area (Å²) in [5, 5.41) is 78.1. The Labute approximate surface area is 705 Å². The minimum absolute atomic E-state index is 0.695. The van der Waals surface area contributed by atoms with Gasteiger partial charge in [-0.15, -0.1) is 0 Å². The molecule has 0 bridgehead atoms. The Kier molecular flexibility index (Phi) is 21.2. The molecule has 0 atom stereocenters. The fourth-order valence-corrected chi connectivity index (χ4v) is 14.9. The first-order chi connectivity index (χ1) is 61.1. The quantitative estimate of drug-likeness (QED) is 0.0403. The predicted octanol–water partition coefficient (Wildman–Crippen LogP) is 19.2. The molecule has 0 aliphatic carbocycles. The molecule has 0 saturated carbocycles. The van der Waals surface area contributed by atoms with E-state index in [1.54, 1.807) is 37.2 Å². The molecule has 11 N–H and O–H groups in total. The summed E-state index contributed by atoms with van der Waals surface area (Å²) in [6.07, 6.45) is 25.2. The molecule has 23 aromatic rings. The Hall–Kier alpha value is -17.3. The van der Waals surface area contributed by atoms with Crippen LogP contribution in [0.3, 0.4) is 0 Å². The fraction of sp³-hybridized carbons (Fsp3) is 0.0870. The van der Waals surface area contributed by atoms with Crippen LogP contribution in [0.2, 0.25) is 0 Å². The molecule has 0 saturated heterocycles. The number of aromatic amines is 5. The van der Waals surface area contributed by atoms with Crippen molar-refractivity contribution >= 4 is 172 Å². The van der Waals surface area contributed by atoms with Crippen LogP contribution in [0.25, 0.3) is 138 Å². The number of nitrogens with zero attached hydrogens (tertiary/aromatic N) is 21. The fourth-order valence-electron chi connectivity index (χ4n) is 14.9. The van der Waals surface area contributed by atoms with Crippen molar-refractivity contribution in [1.82, 2.24) is 130 Å². The maximum absolute atomic E-state index is 4.60. The van der Waals surface area contributed by atoms with Gasteiger partial charge in [0.2, 0.25) is 0 Å². The maximum Gasteiger partial charge on any atom is 0.183 e. The van der Waals surface area contributed by atoms with Gasteiger partial charge in [-0.25, -0.2) is 24.9 Å². The lowest BCUT2D eigenvalue weighted by Crippen LogP contribution is -2.00. The van der Waals surface area contributed by atoms with Crippen LogP contribution >= 0.6 is 0 Å². The minimum atomic E-state index is 0.695. The van der Waals surface area contributed by atoms with Gasteiger partial charge < -0.3 is 31.9 Å². The molecule has 124 heavy (non-hydrogen) atoms. The molecule has 32 nitrogen and oxygen atoms in total. The van der Waals surface area contributed by atoms with Crippen molar-refractivity contribution in [3.8, 4) is 28.6 Å². The van der Waals surface area contributed by atoms with Gasteiger partial charge in [0, 0.05) is 167 Å². The largest absolute Gasteiger partial charge is 0.370 e. The average molecular weight is 1630 g/mol. The summed E-state index contributed by atoms with van der Waals surface area (Å²) in [5.41, 5.74) is 16.4. The van der Waals surface area contributed by atoms with Crippen LogP contribution in [0.1, 0.15) is 32.3 Å². The lowest BCUT2D eigenvalue weighted by molar-refractivity contribution is 0.666. The van der Waals surface area contributed by atoms with Crippen LogP contribution in [0, 0.1) is 13.8 Å². The monoisotopic (exact) mass is 1630 g/mol. The van der Waals surface area contributed by atoms with Crippen molar-refractivity contribution in [2.45, 2.75) is 47.7 Å². The number of fused-ring (bicyclic) bond motifs is 10. The van der Waals surface area contributed by atoms with Gasteiger partial charge in [-0.3, -0.25) is 69.3 Å². The standard InChI is InChI=1S/2C20H17N7.C19H15N7.C17H16N6.C16H13N5/c1-2-27-17(8-11-23-27)18-15-6-5-14(12-13(15)7-10-22-18)24-20-19-16(25-26-20)4-3-9-21-19;1-2-27-17(8-11-23-27)18-15-6-5-14(12-13(15)7-10-21-18)24-20-16-4-3-9-22-19(16)25-26-20;1-12-20-9-10-26(12)19-15-5-4-14(11-13(15)6-8-22-19)23-18-17-16(24-25-18)3-2-7-21-17;1-2-18-16-13-6-5-12(10-11(13)7-9-20-16)21-17-15-14(22-23-17)4-3-8-19-15;1-10-13-5-4-12(9-11(13)6-8-17-10)19-16-14-3-2-7-18-15(14)20-21-16/h3-12H,2H2,1H3,(H2,24,25,26);3-12H,2H2,1H3,(H2,22,24,25,26);2-11H,1H3,(H2,23,24,25);3-10H,2H2,1H3,(H,18,20)(H2,21,22,23);2-9H,1H3,(H2,18,19,20,21). The van der Waals surface area contributed by atoms with Crippen molar-refractivity contribution in [2.75, 3.05) is 38.4 Å². The highest BCUT2D eigenvalue weighted by molar-refractivity contribution is 6.01. The van der Waals surface area contributed by atoms with E-state index in [0.29, 0.717) is 22.9 Å².